The van der Waals surface area contributed by atoms with E-state index in [0.29, 0.717) is 28.5 Å². The van der Waals surface area contributed by atoms with E-state index in [9.17, 15) is 10.1 Å². The van der Waals surface area contributed by atoms with E-state index < -0.39 is 11.9 Å². The van der Waals surface area contributed by atoms with Gasteiger partial charge in [-0.1, -0.05) is 12.1 Å². The second kappa shape index (κ2) is 9.23. The summed E-state index contributed by atoms with van der Waals surface area (Å²) in [6.45, 7) is 0. The van der Waals surface area contributed by atoms with E-state index in [0.717, 1.165) is 11.1 Å². The molecule has 1 unspecified atom stereocenters. The molecule has 4 aromatic rings. The maximum atomic E-state index is 12.2. The topological polar surface area (TPSA) is 146 Å². The zero-order valence-corrected chi connectivity index (χ0v) is 19.3. The molecule has 0 saturated heterocycles. The largest absolute Gasteiger partial charge is 0.493 e. The predicted octanol–water partition coefficient (Wildman–Crippen LogP) is 4.12. The van der Waals surface area contributed by atoms with Crippen molar-refractivity contribution in [3.05, 3.63) is 89.2 Å². The Hall–Kier alpha value is -5.17. The van der Waals surface area contributed by atoms with Crippen molar-refractivity contribution in [1.29, 1.82) is 5.26 Å². The summed E-state index contributed by atoms with van der Waals surface area (Å²) in [4.78, 5) is 12.2. The number of benzene rings is 2. The Bertz CT molecular complexity index is 1500. The summed E-state index contributed by atoms with van der Waals surface area (Å²) in [5.74, 6) is 0.532. The van der Waals surface area contributed by atoms with Gasteiger partial charge in [0.25, 0.3) is 0 Å². The lowest BCUT2D eigenvalue weighted by molar-refractivity contribution is 0.0701. The van der Waals surface area contributed by atoms with Gasteiger partial charge >= 0.3 is 5.97 Å². The monoisotopic (exact) mass is 484 g/mol. The summed E-state index contributed by atoms with van der Waals surface area (Å²) in [5, 5.41) is 17.2. The molecule has 1 aliphatic heterocycles. The van der Waals surface area contributed by atoms with E-state index in [1.54, 1.807) is 56.7 Å². The fraction of sp³-hybridized carbons (Fsp3) is 0.115. The third kappa shape index (κ3) is 3.88. The first-order valence-electron chi connectivity index (χ1n) is 10.8. The molecule has 2 aromatic heterocycles. The molecular weight excluding hydrogens is 464 g/mol. The van der Waals surface area contributed by atoms with E-state index in [1.165, 1.54) is 12.3 Å². The highest BCUT2D eigenvalue weighted by Crippen LogP contribution is 2.46. The molecule has 10 nitrogen and oxygen atoms in total. The van der Waals surface area contributed by atoms with E-state index in [1.807, 2.05) is 6.07 Å². The molecule has 0 radical (unpaired) electrons. The number of allylic oxidation sites excluding steroid dienone is 1. The van der Waals surface area contributed by atoms with Gasteiger partial charge in [-0.05, 0) is 48.0 Å². The van der Waals surface area contributed by atoms with Crippen LogP contribution in [0.2, 0.25) is 0 Å². The predicted molar refractivity (Wildman–Crippen MR) is 127 cm³/mol. The number of aromatic amines is 1. The Morgan fingerprint density at radius 1 is 1.11 bits per heavy atom. The first kappa shape index (κ1) is 22.6. The molecule has 36 heavy (non-hydrogen) atoms. The van der Waals surface area contributed by atoms with Crippen LogP contribution in [0.3, 0.4) is 0 Å². The smallest absolute Gasteiger partial charge is 0.379 e. The number of aromatic nitrogens is 2. The molecule has 0 amide bonds. The molecule has 3 N–H and O–H groups in total. The van der Waals surface area contributed by atoms with Gasteiger partial charge in [-0.2, -0.15) is 5.26 Å². The van der Waals surface area contributed by atoms with Crippen LogP contribution in [0.5, 0.6) is 23.1 Å². The number of ether oxygens (including phenoxy) is 4. The molecular formula is C26H20N4O6. The molecule has 2 aromatic carbocycles. The lowest BCUT2D eigenvalue weighted by Crippen LogP contribution is -2.21. The van der Waals surface area contributed by atoms with Gasteiger partial charge in [0.05, 0.1) is 37.7 Å². The lowest BCUT2D eigenvalue weighted by atomic mass is 9.83. The van der Waals surface area contributed by atoms with Crippen LogP contribution in [-0.2, 0) is 0 Å². The zero-order valence-electron chi connectivity index (χ0n) is 19.3. The average molecular weight is 484 g/mol. The number of furan rings is 1. The minimum absolute atomic E-state index is 0.0336. The Balaban J connectivity index is 1.55. The number of fused-ring (bicyclic) bond motifs is 1. The lowest BCUT2D eigenvalue weighted by Gasteiger charge is -2.24. The Labute approximate surface area is 205 Å². The second-order valence-corrected chi connectivity index (χ2v) is 7.75. The summed E-state index contributed by atoms with van der Waals surface area (Å²) in [6, 6.07) is 17.5. The number of nitriles is 1. The first-order valence-corrected chi connectivity index (χ1v) is 10.8. The maximum Gasteiger partial charge on any atom is 0.379 e. The van der Waals surface area contributed by atoms with Crippen LogP contribution in [-0.4, -0.2) is 30.4 Å². The van der Waals surface area contributed by atoms with Crippen LogP contribution in [0.15, 0.2) is 76.7 Å². The van der Waals surface area contributed by atoms with Gasteiger partial charge in [0.2, 0.25) is 17.5 Å². The number of nitrogens with one attached hydrogen (secondary N) is 1. The molecule has 5 rings (SSSR count). The minimum atomic E-state index is -0.617. The van der Waals surface area contributed by atoms with Crippen LogP contribution >= 0.6 is 0 Å². The highest BCUT2D eigenvalue weighted by Gasteiger charge is 2.35. The van der Waals surface area contributed by atoms with Crippen LogP contribution in [0.1, 0.15) is 27.6 Å². The second-order valence-electron chi connectivity index (χ2n) is 7.75. The number of esters is 1. The number of carbonyl (C=O) groups excluding carboxylic acids is 1. The SMILES string of the molecule is COc1ccc(-c2[nH]nc3c2C(c2ccc(OC(=O)c4ccco4)cc2)C(C#N)=C(N)O3)cc1OC. The van der Waals surface area contributed by atoms with Crippen molar-refractivity contribution in [2.24, 2.45) is 5.73 Å². The van der Waals surface area contributed by atoms with Crippen LogP contribution in [0.25, 0.3) is 11.3 Å². The van der Waals surface area contributed by atoms with Crippen molar-refractivity contribution in [3.8, 4) is 40.5 Å². The molecule has 0 fully saturated rings. The number of hydrogen-bond acceptors (Lipinski definition) is 9. The number of carbonyl (C=O) groups is 1. The number of hydrogen-bond donors (Lipinski definition) is 2. The van der Waals surface area contributed by atoms with Crippen molar-refractivity contribution in [2.75, 3.05) is 14.2 Å². The van der Waals surface area contributed by atoms with Gasteiger partial charge in [0.1, 0.15) is 17.4 Å². The fourth-order valence-electron chi connectivity index (χ4n) is 4.07. The molecule has 10 heteroatoms. The van der Waals surface area contributed by atoms with Crippen molar-refractivity contribution in [3.63, 3.8) is 0 Å². The highest BCUT2D eigenvalue weighted by atomic mass is 16.5. The summed E-state index contributed by atoms with van der Waals surface area (Å²) in [6.07, 6.45) is 1.39. The first-order chi connectivity index (χ1) is 17.5. The van der Waals surface area contributed by atoms with Crippen molar-refractivity contribution in [1.82, 2.24) is 10.2 Å². The van der Waals surface area contributed by atoms with Gasteiger partial charge in [-0.3, -0.25) is 5.10 Å². The number of nitrogens with two attached hydrogens (primary N) is 1. The summed E-state index contributed by atoms with van der Waals surface area (Å²) in [5.41, 5.74) is 9.04. The van der Waals surface area contributed by atoms with E-state index in [4.69, 9.17) is 29.1 Å². The van der Waals surface area contributed by atoms with E-state index >= 15 is 0 Å². The summed E-state index contributed by atoms with van der Waals surface area (Å²) in [7, 11) is 3.11. The highest BCUT2D eigenvalue weighted by molar-refractivity contribution is 5.88. The van der Waals surface area contributed by atoms with Crippen molar-refractivity contribution >= 4 is 5.97 Å². The summed E-state index contributed by atoms with van der Waals surface area (Å²) >= 11 is 0. The summed E-state index contributed by atoms with van der Waals surface area (Å²) < 4.78 is 26.9. The van der Waals surface area contributed by atoms with E-state index in [2.05, 4.69) is 16.3 Å². The zero-order chi connectivity index (χ0) is 25.2. The molecule has 0 bridgehead atoms. The normalized spacial score (nSPS) is 14.4. The Kier molecular flexibility index (Phi) is 5.80. The van der Waals surface area contributed by atoms with Gasteiger partial charge < -0.3 is 29.1 Å². The van der Waals surface area contributed by atoms with E-state index in [-0.39, 0.29) is 23.1 Å². The van der Waals surface area contributed by atoms with Crippen LogP contribution < -0.4 is 24.7 Å². The molecule has 0 saturated carbocycles. The molecule has 1 atom stereocenters. The number of methoxy groups -OCH3 is 2. The molecule has 1 aliphatic rings. The molecule has 0 aliphatic carbocycles. The van der Waals surface area contributed by atoms with Gasteiger partial charge in [-0.15, -0.1) is 5.10 Å². The average Bonchev–Trinajstić information content (AvgIpc) is 3.58. The van der Waals surface area contributed by atoms with Gasteiger partial charge in [0, 0.05) is 5.56 Å². The van der Waals surface area contributed by atoms with Gasteiger partial charge in [-0.25, -0.2) is 4.79 Å². The Morgan fingerprint density at radius 3 is 2.56 bits per heavy atom. The van der Waals surface area contributed by atoms with Gasteiger partial charge in [0.15, 0.2) is 11.5 Å². The fourth-order valence-corrected chi connectivity index (χ4v) is 4.07. The Morgan fingerprint density at radius 2 is 1.89 bits per heavy atom. The van der Waals surface area contributed by atoms with Crippen LogP contribution in [0.4, 0.5) is 0 Å². The molecule has 0 spiro atoms. The van der Waals surface area contributed by atoms with Crippen molar-refractivity contribution in [2.45, 2.75) is 5.92 Å². The quantitative estimate of drug-likeness (QED) is 0.305. The molecule has 180 valence electrons. The van der Waals surface area contributed by atoms with Crippen molar-refractivity contribution < 1.29 is 28.2 Å². The number of H-pyrrole nitrogens is 1. The number of nitrogens with zero attached hydrogens (tertiary/aromatic N) is 2. The number of rotatable bonds is 6. The standard InChI is InChI=1S/C26H20N4O6/c1-32-18-10-7-15(12-20(18)33-2)23-22-21(17(13-27)24(28)36-25(22)30-29-23)14-5-8-16(9-6-14)35-26(31)19-4-3-11-34-19/h3-12,21H,28H2,1-2H3,(H,29,30). The minimum Gasteiger partial charge on any atom is -0.493 e. The third-order valence-electron chi connectivity index (χ3n) is 5.76. The van der Waals surface area contributed by atoms with Crippen LogP contribution in [0, 0.1) is 11.3 Å². The third-order valence-corrected chi connectivity index (χ3v) is 5.76. The maximum absolute atomic E-state index is 12.2. The molecule has 3 heterocycles.